The van der Waals surface area contributed by atoms with Gasteiger partial charge >= 0.3 is 0 Å². The van der Waals surface area contributed by atoms with Gasteiger partial charge in [-0.05, 0) is 18.3 Å². The Morgan fingerprint density at radius 2 is 1.75 bits per heavy atom. The Bertz CT molecular complexity index is 393. The molecule has 0 radical (unpaired) electrons. The number of nitrogen functional groups attached to an aromatic ring is 1. The maximum Gasteiger partial charge on any atom is 0.147 e. The van der Waals surface area contributed by atoms with Crippen molar-refractivity contribution in [1.82, 2.24) is 9.78 Å². The SMILES string of the molecule is CC(C)CCCCCCNc1c(N)c(C(C)C)nn1C. The molecule has 0 aromatic carbocycles. The summed E-state index contributed by atoms with van der Waals surface area (Å²) in [5.74, 6) is 2.17. The first-order valence-electron chi connectivity index (χ1n) is 7.99. The third-order valence-electron chi connectivity index (χ3n) is 3.66. The number of aromatic nitrogens is 2. The van der Waals surface area contributed by atoms with E-state index in [9.17, 15) is 0 Å². The van der Waals surface area contributed by atoms with Gasteiger partial charge in [0.1, 0.15) is 5.82 Å². The van der Waals surface area contributed by atoms with Crippen LogP contribution in [0.5, 0.6) is 0 Å². The van der Waals surface area contributed by atoms with Gasteiger partial charge in [0.15, 0.2) is 0 Å². The van der Waals surface area contributed by atoms with Gasteiger partial charge in [-0.25, -0.2) is 0 Å². The van der Waals surface area contributed by atoms with Crippen LogP contribution in [0.1, 0.15) is 71.4 Å². The summed E-state index contributed by atoms with van der Waals surface area (Å²) in [6.45, 7) is 9.80. The lowest BCUT2D eigenvalue weighted by atomic mass is 10.0. The summed E-state index contributed by atoms with van der Waals surface area (Å²) < 4.78 is 1.86. The number of hydrogen-bond acceptors (Lipinski definition) is 3. The van der Waals surface area contributed by atoms with E-state index in [1.165, 1.54) is 32.1 Å². The molecule has 1 aromatic rings. The van der Waals surface area contributed by atoms with Crippen LogP contribution in [-0.4, -0.2) is 16.3 Å². The molecule has 0 atom stereocenters. The highest BCUT2D eigenvalue weighted by atomic mass is 15.3. The number of anilines is 2. The van der Waals surface area contributed by atoms with Crippen molar-refractivity contribution in [2.45, 2.75) is 65.7 Å². The molecule has 0 aliphatic carbocycles. The lowest BCUT2D eigenvalue weighted by Gasteiger charge is -2.08. The zero-order valence-electron chi connectivity index (χ0n) is 13.9. The second-order valence-electron chi connectivity index (χ2n) is 6.45. The molecule has 0 saturated carbocycles. The minimum Gasteiger partial charge on any atom is -0.394 e. The number of unbranched alkanes of at least 4 members (excludes halogenated alkanes) is 3. The molecule has 1 aromatic heterocycles. The largest absolute Gasteiger partial charge is 0.394 e. The summed E-state index contributed by atoms with van der Waals surface area (Å²) in [5.41, 5.74) is 7.96. The Hall–Kier alpha value is -1.19. The summed E-state index contributed by atoms with van der Waals surface area (Å²) >= 11 is 0. The maximum absolute atomic E-state index is 6.15. The van der Waals surface area contributed by atoms with Gasteiger partial charge in [0.2, 0.25) is 0 Å². The van der Waals surface area contributed by atoms with E-state index in [0.717, 1.165) is 29.7 Å². The molecule has 3 N–H and O–H groups in total. The smallest absolute Gasteiger partial charge is 0.147 e. The lowest BCUT2D eigenvalue weighted by molar-refractivity contribution is 0.522. The number of nitrogens with zero attached hydrogens (tertiary/aromatic N) is 2. The fourth-order valence-corrected chi connectivity index (χ4v) is 2.44. The molecule has 0 bridgehead atoms. The van der Waals surface area contributed by atoms with Crippen LogP contribution >= 0.6 is 0 Å². The van der Waals surface area contributed by atoms with Gasteiger partial charge in [0.25, 0.3) is 0 Å². The molecule has 1 heterocycles. The fraction of sp³-hybridized carbons (Fsp3) is 0.812. The van der Waals surface area contributed by atoms with Crippen LogP contribution < -0.4 is 11.1 Å². The zero-order valence-corrected chi connectivity index (χ0v) is 13.9. The van der Waals surface area contributed by atoms with Crippen molar-refractivity contribution in [1.29, 1.82) is 0 Å². The van der Waals surface area contributed by atoms with Crippen LogP contribution in [0.25, 0.3) is 0 Å². The van der Waals surface area contributed by atoms with Crippen LogP contribution in [0.3, 0.4) is 0 Å². The van der Waals surface area contributed by atoms with E-state index in [-0.39, 0.29) is 0 Å². The molecular weight excluding hydrogens is 248 g/mol. The van der Waals surface area contributed by atoms with Gasteiger partial charge in [-0.3, -0.25) is 4.68 Å². The fourth-order valence-electron chi connectivity index (χ4n) is 2.44. The molecule has 1 rings (SSSR count). The number of aryl methyl sites for hydroxylation is 1. The molecule has 0 unspecified atom stereocenters. The quantitative estimate of drug-likeness (QED) is 0.668. The molecule has 116 valence electrons. The lowest BCUT2D eigenvalue weighted by Crippen LogP contribution is -2.08. The summed E-state index contributed by atoms with van der Waals surface area (Å²) in [6, 6.07) is 0. The zero-order chi connectivity index (χ0) is 15.1. The molecule has 20 heavy (non-hydrogen) atoms. The Kier molecular flexibility index (Phi) is 6.89. The standard InChI is InChI=1S/C16H32N4/c1-12(2)10-8-6-7-9-11-18-16-14(17)15(13(3)4)19-20(16)5/h12-13,18H,6-11,17H2,1-5H3. The Morgan fingerprint density at radius 3 is 2.30 bits per heavy atom. The molecular formula is C16H32N4. The van der Waals surface area contributed by atoms with Crippen molar-refractivity contribution < 1.29 is 0 Å². The molecule has 0 spiro atoms. The molecule has 4 heteroatoms. The van der Waals surface area contributed by atoms with Crippen molar-refractivity contribution in [3.63, 3.8) is 0 Å². The van der Waals surface area contributed by atoms with E-state index >= 15 is 0 Å². The predicted octanol–water partition coefficient (Wildman–Crippen LogP) is 4.14. The number of rotatable bonds is 9. The Labute approximate surface area is 124 Å². The first-order chi connectivity index (χ1) is 9.43. The van der Waals surface area contributed by atoms with E-state index in [2.05, 4.69) is 38.1 Å². The Balaban J connectivity index is 2.29. The third-order valence-corrected chi connectivity index (χ3v) is 3.66. The summed E-state index contributed by atoms with van der Waals surface area (Å²) in [6.07, 6.45) is 6.51. The molecule has 4 nitrogen and oxygen atoms in total. The van der Waals surface area contributed by atoms with E-state index in [1.807, 2.05) is 11.7 Å². The highest BCUT2D eigenvalue weighted by Crippen LogP contribution is 2.27. The minimum absolute atomic E-state index is 0.368. The average molecular weight is 280 g/mol. The van der Waals surface area contributed by atoms with Crippen LogP contribution in [-0.2, 0) is 7.05 Å². The van der Waals surface area contributed by atoms with Crippen LogP contribution in [0.4, 0.5) is 11.5 Å². The molecule has 0 saturated heterocycles. The molecule has 0 aliphatic heterocycles. The second-order valence-corrected chi connectivity index (χ2v) is 6.45. The van der Waals surface area contributed by atoms with Crippen molar-refractivity contribution in [2.24, 2.45) is 13.0 Å². The van der Waals surface area contributed by atoms with Gasteiger partial charge < -0.3 is 11.1 Å². The van der Waals surface area contributed by atoms with Gasteiger partial charge in [-0.15, -0.1) is 0 Å². The Morgan fingerprint density at radius 1 is 1.10 bits per heavy atom. The van der Waals surface area contributed by atoms with Crippen LogP contribution in [0, 0.1) is 5.92 Å². The first-order valence-corrected chi connectivity index (χ1v) is 7.99. The number of nitrogens with two attached hydrogens (primary N) is 1. The highest BCUT2D eigenvalue weighted by Gasteiger charge is 2.15. The van der Waals surface area contributed by atoms with Gasteiger partial charge in [0.05, 0.1) is 11.4 Å². The van der Waals surface area contributed by atoms with Crippen molar-refractivity contribution in [2.75, 3.05) is 17.6 Å². The molecule has 0 fully saturated rings. The number of nitrogens with one attached hydrogen (secondary N) is 1. The first kappa shape index (κ1) is 16.9. The minimum atomic E-state index is 0.368. The summed E-state index contributed by atoms with van der Waals surface area (Å²) in [5, 5.41) is 7.92. The van der Waals surface area contributed by atoms with Gasteiger partial charge in [0, 0.05) is 13.6 Å². The predicted molar refractivity (Wildman–Crippen MR) is 88.1 cm³/mol. The van der Waals surface area contributed by atoms with E-state index < -0.39 is 0 Å². The van der Waals surface area contributed by atoms with Crippen molar-refractivity contribution in [3.8, 4) is 0 Å². The van der Waals surface area contributed by atoms with E-state index in [4.69, 9.17) is 5.73 Å². The van der Waals surface area contributed by atoms with Crippen LogP contribution in [0.2, 0.25) is 0 Å². The van der Waals surface area contributed by atoms with Crippen molar-refractivity contribution in [3.05, 3.63) is 5.69 Å². The molecule has 0 amide bonds. The summed E-state index contributed by atoms with van der Waals surface area (Å²) in [4.78, 5) is 0. The van der Waals surface area contributed by atoms with Crippen molar-refractivity contribution >= 4 is 11.5 Å². The monoisotopic (exact) mass is 280 g/mol. The summed E-state index contributed by atoms with van der Waals surface area (Å²) in [7, 11) is 1.95. The average Bonchev–Trinajstić information content (AvgIpc) is 2.64. The third kappa shape index (κ3) is 5.06. The topological polar surface area (TPSA) is 55.9 Å². The van der Waals surface area contributed by atoms with Crippen LogP contribution in [0.15, 0.2) is 0 Å². The van der Waals surface area contributed by atoms with Gasteiger partial charge in [-0.1, -0.05) is 53.4 Å². The number of hydrogen-bond donors (Lipinski definition) is 2. The maximum atomic E-state index is 6.15. The van der Waals surface area contributed by atoms with Gasteiger partial charge in [-0.2, -0.15) is 5.10 Å². The normalized spacial score (nSPS) is 11.6. The van der Waals surface area contributed by atoms with E-state index in [0.29, 0.717) is 5.92 Å². The highest BCUT2D eigenvalue weighted by molar-refractivity contribution is 5.65. The van der Waals surface area contributed by atoms with E-state index in [1.54, 1.807) is 0 Å². The molecule has 0 aliphatic rings. The second kappa shape index (κ2) is 8.18.